The number of hydrogen-bond acceptors (Lipinski definition) is 4. The van der Waals surface area contributed by atoms with Gasteiger partial charge in [-0.3, -0.25) is 0 Å². The van der Waals surface area contributed by atoms with Crippen molar-refractivity contribution >= 4 is 11.3 Å². The van der Waals surface area contributed by atoms with Crippen LogP contribution in [0.15, 0.2) is 24.3 Å². The molecule has 0 saturated carbocycles. The lowest BCUT2D eigenvalue weighted by Gasteiger charge is -2.05. The maximum Gasteiger partial charge on any atom is 0.119 e. The van der Waals surface area contributed by atoms with Gasteiger partial charge < -0.3 is 10.1 Å². The fourth-order valence-corrected chi connectivity index (χ4v) is 3.24. The largest absolute Gasteiger partial charge is 0.494 e. The number of aryl methyl sites for hydroxylation is 1. The summed E-state index contributed by atoms with van der Waals surface area (Å²) in [5, 5.41) is 4.68. The zero-order chi connectivity index (χ0) is 15.9. The van der Waals surface area contributed by atoms with Crippen molar-refractivity contribution in [1.29, 1.82) is 0 Å². The molecule has 1 aromatic heterocycles. The van der Waals surface area contributed by atoms with Crippen molar-refractivity contribution < 1.29 is 4.74 Å². The minimum Gasteiger partial charge on any atom is -0.494 e. The summed E-state index contributed by atoms with van der Waals surface area (Å²) in [7, 11) is 0. The predicted molar refractivity (Wildman–Crippen MR) is 94.9 cm³/mol. The lowest BCUT2D eigenvalue weighted by molar-refractivity contribution is 0.340. The number of hydrogen-bond donors (Lipinski definition) is 1. The first kappa shape index (κ1) is 17.0. The van der Waals surface area contributed by atoms with Crippen LogP contribution in [0.25, 0.3) is 11.3 Å². The van der Waals surface area contributed by atoms with Crippen LogP contribution in [0.5, 0.6) is 5.75 Å². The number of nitrogens with zero attached hydrogens (tertiary/aromatic N) is 1. The van der Waals surface area contributed by atoms with Gasteiger partial charge in [0.05, 0.1) is 17.3 Å². The molecular formula is C18H26N2OS. The van der Waals surface area contributed by atoms with Crippen LogP contribution in [-0.2, 0) is 6.42 Å². The third-order valence-corrected chi connectivity index (χ3v) is 4.38. The first-order valence-corrected chi connectivity index (χ1v) is 8.82. The van der Waals surface area contributed by atoms with E-state index >= 15 is 0 Å². The van der Waals surface area contributed by atoms with E-state index in [4.69, 9.17) is 9.72 Å². The number of thiazole rings is 1. The Labute approximate surface area is 137 Å². The molecule has 120 valence electrons. The Balaban J connectivity index is 1.99. The summed E-state index contributed by atoms with van der Waals surface area (Å²) in [6, 6.07) is 8.21. The van der Waals surface area contributed by atoms with E-state index in [2.05, 4.69) is 38.2 Å². The highest BCUT2D eigenvalue weighted by atomic mass is 32.1. The maximum absolute atomic E-state index is 5.49. The summed E-state index contributed by atoms with van der Waals surface area (Å²) in [6.45, 7) is 11.4. The molecule has 0 spiro atoms. The van der Waals surface area contributed by atoms with E-state index in [-0.39, 0.29) is 0 Å². The Morgan fingerprint density at radius 1 is 1.23 bits per heavy atom. The van der Waals surface area contributed by atoms with Crippen LogP contribution in [0, 0.1) is 12.8 Å². The Bertz CT molecular complexity index is 575. The van der Waals surface area contributed by atoms with Crippen LogP contribution >= 0.6 is 11.3 Å². The highest BCUT2D eigenvalue weighted by molar-refractivity contribution is 7.12. The van der Waals surface area contributed by atoms with Crippen LogP contribution in [0.4, 0.5) is 0 Å². The number of rotatable bonds is 8. The molecule has 22 heavy (non-hydrogen) atoms. The Hall–Kier alpha value is -1.39. The van der Waals surface area contributed by atoms with Crippen LogP contribution in [-0.4, -0.2) is 24.7 Å². The summed E-state index contributed by atoms with van der Waals surface area (Å²) in [5.74, 6) is 1.61. The standard InChI is InChI=1S/C18H26N2OS/c1-5-21-16-8-6-15(7-9-16)18-14(4)22-17(20-18)10-11-19-12-13(2)3/h6-9,13,19H,5,10-12H2,1-4H3. The molecule has 4 heteroatoms. The summed E-state index contributed by atoms with van der Waals surface area (Å²) >= 11 is 1.80. The molecule has 0 fully saturated rings. The smallest absolute Gasteiger partial charge is 0.119 e. The molecule has 1 N–H and O–H groups in total. The minimum absolute atomic E-state index is 0.692. The quantitative estimate of drug-likeness (QED) is 0.737. The van der Waals surface area contributed by atoms with E-state index < -0.39 is 0 Å². The van der Waals surface area contributed by atoms with Gasteiger partial charge in [-0.25, -0.2) is 4.98 Å². The van der Waals surface area contributed by atoms with Crippen molar-refractivity contribution in [3.63, 3.8) is 0 Å². The monoisotopic (exact) mass is 318 g/mol. The third-order valence-electron chi connectivity index (χ3n) is 3.35. The molecule has 3 nitrogen and oxygen atoms in total. The van der Waals surface area contributed by atoms with Gasteiger partial charge in [0.15, 0.2) is 0 Å². The van der Waals surface area contributed by atoms with Gasteiger partial charge >= 0.3 is 0 Å². The molecule has 0 atom stereocenters. The van der Waals surface area contributed by atoms with Crippen LogP contribution in [0.1, 0.15) is 30.7 Å². The predicted octanol–water partition coefficient (Wildman–Crippen LogP) is 4.31. The van der Waals surface area contributed by atoms with Gasteiger partial charge in [-0.05, 0) is 50.6 Å². The SMILES string of the molecule is CCOc1ccc(-c2nc(CCNCC(C)C)sc2C)cc1. The number of aromatic nitrogens is 1. The number of ether oxygens (including phenoxy) is 1. The van der Waals surface area contributed by atoms with Gasteiger partial charge in [0, 0.05) is 23.4 Å². The maximum atomic E-state index is 5.49. The van der Waals surface area contributed by atoms with Gasteiger partial charge in [-0.15, -0.1) is 11.3 Å². The second kappa shape index (κ2) is 8.30. The average molecular weight is 318 g/mol. The van der Waals surface area contributed by atoms with Crippen molar-refractivity contribution in [2.45, 2.75) is 34.1 Å². The molecule has 2 rings (SSSR count). The zero-order valence-corrected chi connectivity index (χ0v) is 14.8. The van der Waals surface area contributed by atoms with Gasteiger partial charge in [0.1, 0.15) is 5.75 Å². The van der Waals surface area contributed by atoms with E-state index in [1.807, 2.05) is 19.1 Å². The Morgan fingerprint density at radius 2 is 1.95 bits per heavy atom. The zero-order valence-electron chi connectivity index (χ0n) is 14.0. The van der Waals surface area contributed by atoms with Crippen molar-refractivity contribution in [3.05, 3.63) is 34.2 Å². The van der Waals surface area contributed by atoms with Gasteiger partial charge in [-0.2, -0.15) is 0 Å². The summed E-state index contributed by atoms with van der Waals surface area (Å²) < 4.78 is 5.49. The average Bonchev–Trinajstić information content (AvgIpc) is 2.86. The first-order chi connectivity index (χ1) is 10.6. The van der Waals surface area contributed by atoms with Gasteiger partial charge in [-0.1, -0.05) is 13.8 Å². The molecule has 0 aliphatic rings. The molecular weight excluding hydrogens is 292 g/mol. The molecule has 0 aliphatic carbocycles. The highest BCUT2D eigenvalue weighted by Crippen LogP contribution is 2.29. The van der Waals surface area contributed by atoms with E-state index in [0.717, 1.165) is 31.0 Å². The lowest BCUT2D eigenvalue weighted by Crippen LogP contribution is -2.22. The molecule has 0 saturated heterocycles. The van der Waals surface area contributed by atoms with Crippen LogP contribution in [0.3, 0.4) is 0 Å². The summed E-state index contributed by atoms with van der Waals surface area (Å²) in [4.78, 5) is 6.09. The van der Waals surface area contributed by atoms with Crippen LogP contribution in [0.2, 0.25) is 0 Å². The second-order valence-electron chi connectivity index (χ2n) is 5.82. The molecule has 0 bridgehead atoms. The molecule has 0 amide bonds. The fourth-order valence-electron chi connectivity index (χ4n) is 2.29. The highest BCUT2D eigenvalue weighted by Gasteiger charge is 2.10. The molecule has 0 radical (unpaired) electrons. The molecule has 1 aromatic carbocycles. The second-order valence-corrected chi connectivity index (χ2v) is 7.11. The van der Waals surface area contributed by atoms with E-state index in [1.165, 1.54) is 15.4 Å². The van der Waals surface area contributed by atoms with Crippen LogP contribution < -0.4 is 10.1 Å². The first-order valence-electron chi connectivity index (χ1n) is 8.00. The molecule has 0 aliphatic heterocycles. The van der Waals surface area contributed by atoms with E-state index in [1.54, 1.807) is 11.3 Å². The minimum atomic E-state index is 0.692. The normalized spacial score (nSPS) is 11.1. The molecule has 1 heterocycles. The fraction of sp³-hybridized carbons (Fsp3) is 0.500. The van der Waals surface area contributed by atoms with E-state index in [9.17, 15) is 0 Å². The third kappa shape index (κ3) is 4.82. The molecule has 2 aromatic rings. The van der Waals surface area contributed by atoms with Crippen molar-refractivity contribution in [1.82, 2.24) is 10.3 Å². The Morgan fingerprint density at radius 3 is 2.59 bits per heavy atom. The summed E-state index contributed by atoms with van der Waals surface area (Å²) in [6.07, 6.45) is 0.995. The summed E-state index contributed by atoms with van der Waals surface area (Å²) in [5.41, 5.74) is 2.27. The van der Waals surface area contributed by atoms with Gasteiger partial charge in [0.25, 0.3) is 0 Å². The Kier molecular flexibility index (Phi) is 6.40. The topological polar surface area (TPSA) is 34.1 Å². The molecule has 0 unspecified atom stereocenters. The number of benzene rings is 1. The van der Waals surface area contributed by atoms with Crippen molar-refractivity contribution in [2.75, 3.05) is 19.7 Å². The van der Waals surface area contributed by atoms with E-state index in [0.29, 0.717) is 12.5 Å². The number of nitrogens with one attached hydrogen (secondary N) is 1. The lowest BCUT2D eigenvalue weighted by atomic mass is 10.1. The van der Waals surface area contributed by atoms with Crippen molar-refractivity contribution in [2.24, 2.45) is 5.92 Å². The van der Waals surface area contributed by atoms with Crippen molar-refractivity contribution in [3.8, 4) is 17.0 Å². The van der Waals surface area contributed by atoms with Gasteiger partial charge in [0.2, 0.25) is 0 Å².